The van der Waals surface area contributed by atoms with Crippen molar-refractivity contribution in [2.24, 2.45) is 0 Å². The summed E-state index contributed by atoms with van der Waals surface area (Å²) in [5, 5.41) is 0. The number of hydrogen-bond acceptors (Lipinski definition) is 3. The highest BCUT2D eigenvalue weighted by Gasteiger charge is 2.16. The molecule has 0 unspecified atom stereocenters. The van der Waals surface area contributed by atoms with Gasteiger partial charge in [-0.05, 0) is 11.6 Å². The van der Waals surface area contributed by atoms with Crippen molar-refractivity contribution in [2.75, 3.05) is 7.11 Å². The Morgan fingerprint density at radius 1 is 1.20 bits per heavy atom. The van der Waals surface area contributed by atoms with Gasteiger partial charge in [0.1, 0.15) is 0 Å². The Balaban J connectivity index is 2.46. The van der Waals surface area contributed by atoms with E-state index in [4.69, 9.17) is 4.42 Å². The van der Waals surface area contributed by atoms with E-state index in [1.807, 2.05) is 30.3 Å². The lowest BCUT2D eigenvalue weighted by atomic mass is 10.1. The molecule has 0 spiro atoms. The van der Waals surface area contributed by atoms with Gasteiger partial charge in [0.05, 0.1) is 13.4 Å². The third kappa shape index (κ3) is 1.76. The fraction of sp³-hybridized carbons (Fsp3) is 0.0833. The summed E-state index contributed by atoms with van der Waals surface area (Å²) >= 11 is 0. The summed E-state index contributed by atoms with van der Waals surface area (Å²) in [6, 6.07) is 11.3. The van der Waals surface area contributed by atoms with E-state index >= 15 is 0 Å². The van der Waals surface area contributed by atoms with Gasteiger partial charge in [0.15, 0.2) is 0 Å². The molecule has 3 heteroatoms. The molecule has 1 aromatic carbocycles. The summed E-state index contributed by atoms with van der Waals surface area (Å²) in [5.41, 5.74) is 1.69. The highest BCUT2D eigenvalue weighted by Crippen LogP contribution is 2.24. The van der Waals surface area contributed by atoms with Crippen LogP contribution in [0.4, 0.5) is 0 Å². The normalized spacial score (nSPS) is 9.93. The van der Waals surface area contributed by atoms with Crippen LogP contribution in [0.25, 0.3) is 11.1 Å². The van der Waals surface area contributed by atoms with Crippen molar-refractivity contribution in [1.29, 1.82) is 0 Å². The van der Waals surface area contributed by atoms with Crippen molar-refractivity contribution in [3.8, 4) is 11.1 Å². The number of hydrogen-bond donors (Lipinski definition) is 0. The number of ether oxygens (including phenoxy) is 1. The molecule has 0 aliphatic heterocycles. The van der Waals surface area contributed by atoms with Crippen molar-refractivity contribution in [3.05, 3.63) is 48.4 Å². The number of furan rings is 1. The summed E-state index contributed by atoms with van der Waals surface area (Å²) in [6.07, 6.45) is 1.48. The minimum absolute atomic E-state index is 0.240. The molecule has 1 aromatic heterocycles. The predicted octanol–water partition coefficient (Wildman–Crippen LogP) is 2.73. The molecular weight excluding hydrogens is 192 g/mol. The van der Waals surface area contributed by atoms with E-state index in [0.29, 0.717) is 0 Å². The molecular formula is C12H10O3. The smallest absolute Gasteiger partial charge is 0.374 e. The number of carbonyl (C=O) groups is 1. The van der Waals surface area contributed by atoms with Crippen LogP contribution in [0.3, 0.4) is 0 Å². The van der Waals surface area contributed by atoms with Crippen molar-refractivity contribution < 1.29 is 13.9 Å². The number of benzene rings is 1. The van der Waals surface area contributed by atoms with Crippen LogP contribution in [0.1, 0.15) is 10.6 Å². The second-order valence-electron chi connectivity index (χ2n) is 3.02. The molecule has 2 aromatic rings. The maximum atomic E-state index is 11.4. The molecule has 3 nitrogen and oxygen atoms in total. The van der Waals surface area contributed by atoms with E-state index in [1.54, 1.807) is 6.07 Å². The van der Waals surface area contributed by atoms with Gasteiger partial charge in [-0.25, -0.2) is 4.79 Å². The molecule has 2 rings (SSSR count). The molecule has 0 amide bonds. The fourth-order valence-corrected chi connectivity index (χ4v) is 1.41. The van der Waals surface area contributed by atoms with Crippen LogP contribution >= 0.6 is 0 Å². The maximum absolute atomic E-state index is 11.4. The van der Waals surface area contributed by atoms with Gasteiger partial charge in [-0.1, -0.05) is 30.3 Å². The van der Waals surface area contributed by atoms with Crippen molar-refractivity contribution in [3.63, 3.8) is 0 Å². The third-order valence-electron chi connectivity index (χ3n) is 2.12. The minimum atomic E-state index is -0.459. The third-order valence-corrected chi connectivity index (χ3v) is 2.12. The molecule has 0 N–H and O–H groups in total. The van der Waals surface area contributed by atoms with E-state index in [-0.39, 0.29) is 5.76 Å². The van der Waals surface area contributed by atoms with Gasteiger partial charge in [0.25, 0.3) is 0 Å². The molecule has 0 saturated carbocycles. The first-order chi connectivity index (χ1) is 7.33. The Kier molecular flexibility index (Phi) is 2.54. The second kappa shape index (κ2) is 4.00. The highest BCUT2D eigenvalue weighted by molar-refractivity contribution is 5.94. The lowest BCUT2D eigenvalue weighted by Gasteiger charge is -2.00. The maximum Gasteiger partial charge on any atom is 0.374 e. The van der Waals surface area contributed by atoms with Crippen LogP contribution in [0.2, 0.25) is 0 Å². The average molecular weight is 202 g/mol. The zero-order valence-corrected chi connectivity index (χ0v) is 8.27. The van der Waals surface area contributed by atoms with E-state index < -0.39 is 5.97 Å². The zero-order valence-electron chi connectivity index (χ0n) is 8.27. The van der Waals surface area contributed by atoms with Gasteiger partial charge in [-0.15, -0.1) is 0 Å². The predicted molar refractivity (Wildman–Crippen MR) is 55.5 cm³/mol. The standard InChI is InChI=1S/C12H10O3/c1-14-12(13)11-10(7-8-15-11)9-5-3-2-4-6-9/h2-8H,1H3. The zero-order chi connectivity index (χ0) is 10.7. The molecule has 0 atom stereocenters. The van der Waals surface area contributed by atoms with E-state index in [9.17, 15) is 4.79 Å². The Morgan fingerprint density at radius 3 is 2.60 bits per heavy atom. The number of rotatable bonds is 2. The van der Waals surface area contributed by atoms with Gasteiger partial charge in [0.2, 0.25) is 5.76 Å². The Labute approximate surface area is 87.3 Å². The number of esters is 1. The quantitative estimate of drug-likeness (QED) is 0.703. The molecule has 0 bridgehead atoms. The number of methoxy groups -OCH3 is 1. The summed E-state index contributed by atoms with van der Waals surface area (Å²) in [7, 11) is 1.33. The van der Waals surface area contributed by atoms with Gasteiger partial charge in [0, 0.05) is 5.56 Å². The Morgan fingerprint density at radius 2 is 1.93 bits per heavy atom. The summed E-state index contributed by atoms with van der Waals surface area (Å²) < 4.78 is 9.72. The lowest BCUT2D eigenvalue weighted by Crippen LogP contribution is -2.00. The van der Waals surface area contributed by atoms with Crippen LogP contribution in [0, 0.1) is 0 Å². The summed E-state index contributed by atoms with van der Waals surface area (Å²) in [6.45, 7) is 0. The Hall–Kier alpha value is -2.03. The summed E-state index contributed by atoms with van der Waals surface area (Å²) in [4.78, 5) is 11.4. The van der Waals surface area contributed by atoms with Gasteiger partial charge < -0.3 is 9.15 Å². The second-order valence-corrected chi connectivity index (χ2v) is 3.02. The molecule has 0 radical (unpaired) electrons. The molecule has 0 saturated heterocycles. The van der Waals surface area contributed by atoms with Crippen LogP contribution in [-0.4, -0.2) is 13.1 Å². The van der Waals surface area contributed by atoms with E-state index in [2.05, 4.69) is 4.74 Å². The largest absolute Gasteiger partial charge is 0.463 e. The molecule has 0 aliphatic rings. The molecule has 1 heterocycles. The Bertz CT molecular complexity index is 457. The minimum Gasteiger partial charge on any atom is -0.463 e. The SMILES string of the molecule is COC(=O)c1occc1-c1ccccc1. The van der Waals surface area contributed by atoms with Crippen LogP contribution in [-0.2, 0) is 4.74 Å². The van der Waals surface area contributed by atoms with E-state index in [0.717, 1.165) is 11.1 Å². The lowest BCUT2D eigenvalue weighted by molar-refractivity contribution is 0.0566. The van der Waals surface area contributed by atoms with Crippen molar-refractivity contribution in [2.45, 2.75) is 0 Å². The first-order valence-corrected chi connectivity index (χ1v) is 4.54. The van der Waals surface area contributed by atoms with E-state index in [1.165, 1.54) is 13.4 Å². The average Bonchev–Trinajstić information content (AvgIpc) is 2.78. The molecule has 15 heavy (non-hydrogen) atoms. The van der Waals surface area contributed by atoms with Gasteiger partial charge in [-0.2, -0.15) is 0 Å². The molecule has 0 aliphatic carbocycles. The monoisotopic (exact) mass is 202 g/mol. The molecule has 76 valence electrons. The van der Waals surface area contributed by atoms with Crippen molar-refractivity contribution >= 4 is 5.97 Å². The van der Waals surface area contributed by atoms with Crippen LogP contribution in [0.5, 0.6) is 0 Å². The van der Waals surface area contributed by atoms with Crippen LogP contribution < -0.4 is 0 Å². The topological polar surface area (TPSA) is 39.4 Å². The van der Waals surface area contributed by atoms with Gasteiger partial charge in [-0.3, -0.25) is 0 Å². The fourth-order valence-electron chi connectivity index (χ4n) is 1.41. The molecule has 0 fully saturated rings. The first-order valence-electron chi connectivity index (χ1n) is 4.54. The number of carbonyl (C=O) groups excluding carboxylic acids is 1. The van der Waals surface area contributed by atoms with Crippen LogP contribution in [0.15, 0.2) is 47.1 Å². The highest BCUT2D eigenvalue weighted by atomic mass is 16.5. The van der Waals surface area contributed by atoms with Gasteiger partial charge >= 0.3 is 5.97 Å². The summed E-state index contributed by atoms with van der Waals surface area (Å²) in [5.74, 6) is -0.220. The first kappa shape index (κ1) is 9.52. The van der Waals surface area contributed by atoms with Crippen molar-refractivity contribution in [1.82, 2.24) is 0 Å².